The molecule has 6 nitrogen and oxygen atoms in total. The Morgan fingerprint density at radius 2 is 2.03 bits per heavy atom. The molecule has 0 amide bonds. The maximum Gasteiger partial charge on any atom is 0.164 e. The largest absolute Gasteiger partial charge is 0.362 e. The molecule has 0 saturated heterocycles. The van der Waals surface area contributed by atoms with Gasteiger partial charge in [-0.25, -0.2) is 0 Å². The van der Waals surface area contributed by atoms with Crippen LogP contribution in [0.25, 0.3) is 11.3 Å². The summed E-state index contributed by atoms with van der Waals surface area (Å²) in [5.74, 6) is 0.853. The van der Waals surface area contributed by atoms with E-state index in [0.29, 0.717) is 12.3 Å². The van der Waals surface area contributed by atoms with Crippen molar-refractivity contribution >= 4 is 5.78 Å². The van der Waals surface area contributed by atoms with Crippen molar-refractivity contribution < 1.29 is 4.79 Å². The quantitative estimate of drug-likeness (QED) is 0.564. The average molecular weight is 458 g/mol. The maximum atomic E-state index is 13.7. The van der Waals surface area contributed by atoms with Crippen LogP contribution in [0, 0.1) is 11.3 Å². The van der Waals surface area contributed by atoms with Gasteiger partial charge in [0.2, 0.25) is 0 Å². The fraction of sp³-hybridized carbons (Fsp3) is 0.500. The van der Waals surface area contributed by atoms with Crippen LogP contribution in [0.5, 0.6) is 0 Å². The number of nitrogens with one attached hydrogen (secondary N) is 1. The molecule has 1 unspecified atom stereocenters. The highest BCUT2D eigenvalue weighted by molar-refractivity contribution is 6.01. The molecule has 2 aromatic rings. The number of azo groups is 1. The van der Waals surface area contributed by atoms with Crippen molar-refractivity contribution in [2.24, 2.45) is 21.6 Å². The summed E-state index contributed by atoms with van der Waals surface area (Å²) < 4.78 is 2.10. The van der Waals surface area contributed by atoms with Gasteiger partial charge in [-0.05, 0) is 48.3 Å². The second kappa shape index (κ2) is 8.33. The highest BCUT2D eigenvalue weighted by atomic mass is 16.1. The lowest BCUT2D eigenvalue weighted by Gasteiger charge is -2.47. The van der Waals surface area contributed by atoms with E-state index >= 15 is 0 Å². The fourth-order valence-electron chi connectivity index (χ4n) is 5.97. The van der Waals surface area contributed by atoms with Gasteiger partial charge >= 0.3 is 0 Å². The van der Waals surface area contributed by atoms with Gasteiger partial charge in [0.25, 0.3) is 0 Å². The number of aryl methyl sites for hydroxylation is 1. The molecule has 0 fully saturated rings. The second-order valence-corrected chi connectivity index (χ2v) is 11.1. The minimum absolute atomic E-state index is 0.0654. The molecule has 0 saturated carbocycles. The van der Waals surface area contributed by atoms with Crippen LogP contribution in [0.4, 0.5) is 0 Å². The van der Waals surface area contributed by atoms with Crippen LogP contribution in [0.3, 0.4) is 0 Å². The molecule has 0 bridgehead atoms. The number of Topliss-reactive ketones (excluding diaryl/α,β-unsaturated/α-hetero) is 1. The van der Waals surface area contributed by atoms with E-state index in [1.807, 2.05) is 12.4 Å². The van der Waals surface area contributed by atoms with E-state index in [4.69, 9.17) is 0 Å². The zero-order valence-corrected chi connectivity index (χ0v) is 20.9. The van der Waals surface area contributed by atoms with Gasteiger partial charge in [0.15, 0.2) is 11.9 Å². The molecule has 3 heterocycles. The molecule has 1 aliphatic carbocycles. The van der Waals surface area contributed by atoms with Crippen molar-refractivity contribution in [3.63, 3.8) is 0 Å². The van der Waals surface area contributed by atoms with Gasteiger partial charge in [0.05, 0.1) is 17.3 Å². The predicted molar refractivity (Wildman–Crippen MR) is 134 cm³/mol. The Balaban J connectivity index is 1.65. The third kappa shape index (κ3) is 3.64. The zero-order valence-electron chi connectivity index (χ0n) is 20.9. The van der Waals surface area contributed by atoms with Gasteiger partial charge < -0.3 is 5.32 Å². The highest BCUT2D eigenvalue weighted by Crippen LogP contribution is 2.54. The minimum atomic E-state index is -0.527. The van der Waals surface area contributed by atoms with Gasteiger partial charge in [-0.2, -0.15) is 15.3 Å². The molecule has 1 N–H and O–H groups in total. The predicted octanol–water partition coefficient (Wildman–Crippen LogP) is 6.17. The second-order valence-electron chi connectivity index (χ2n) is 11.1. The SMILES string of the molecule is CC[C@@]1(c2cccc(-c3ccnn3CCC(C)C)c2)C2=CN=NC2NC2=C1C(=O)CC(C)(C)C2. The number of carbonyl (C=O) groups is 1. The van der Waals surface area contributed by atoms with Crippen LogP contribution in [0.15, 0.2) is 69.8 Å². The lowest BCUT2D eigenvalue weighted by molar-refractivity contribution is -0.119. The standard InChI is InChI=1S/C28H35N5O/c1-6-28(20-9-7-8-19(14-20)23-10-12-30-33(23)13-11-18(2)3)21-17-29-32-26(21)31-22-15-27(4,5)16-24(34)25(22)28/h7-10,12,14,17-18,26,31H,6,11,13,15-16H2,1-5H3/t26?,28-/m1/s1. The molecular formula is C28H35N5O. The molecule has 1 aromatic heterocycles. The smallest absolute Gasteiger partial charge is 0.164 e. The number of hydrogen-bond donors (Lipinski definition) is 1. The van der Waals surface area contributed by atoms with Crippen molar-refractivity contribution in [1.29, 1.82) is 0 Å². The van der Waals surface area contributed by atoms with Crippen molar-refractivity contribution in [2.45, 2.75) is 78.4 Å². The first-order chi connectivity index (χ1) is 16.2. The summed E-state index contributed by atoms with van der Waals surface area (Å²) in [5, 5.41) is 16.9. The molecule has 1 aromatic carbocycles. The van der Waals surface area contributed by atoms with Gasteiger partial charge in [-0.3, -0.25) is 9.48 Å². The van der Waals surface area contributed by atoms with E-state index in [1.165, 1.54) is 0 Å². The molecule has 6 heteroatoms. The van der Waals surface area contributed by atoms with Crippen molar-refractivity contribution in [3.05, 3.63) is 65.1 Å². The van der Waals surface area contributed by atoms with E-state index < -0.39 is 5.41 Å². The van der Waals surface area contributed by atoms with Gasteiger partial charge in [-0.15, -0.1) is 0 Å². The lowest BCUT2D eigenvalue weighted by Crippen LogP contribution is -2.51. The normalized spacial score (nSPS) is 25.3. The fourth-order valence-corrected chi connectivity index (χ4v) is 5.97. The van der Waals surface area contributed by atoms with Crippen LogP contribution in [-0.4, -0.2) is 21.7 Å². The Kier molecular flexibility index (Phi) is 5.58. The van der Waals surface area contributed by atoms with Gasteiger partial charge in [-0.1, -0.05) is 52.8 Å². The Labute approximate surface area is 202 Å². The molecule has 0 spiro atoms. The van der Waals surface area contributed by atoms with Crippen molar-refractivity contribution in [1.82, 2.24) is 15.1 Å². The van der Waals surface area contributed by atoms with E-state index in [1.54, 1.807) is 0 Å². The molecular weight excluding hydrogens is 422 g/mol. The number of carbonyl (C=O) groups excluding carboxylic acids is 1. The Bertz CT molecular complexity index is 1210. The number of allylic oxidation sites excluding steroid dienone is 2. The summed E-state index contributed by atoms with van der Waals surface area (Å²) in [6.45, 7) is 11.9. The molecule has 5 rings (SSSR count). The lowest BCUT2D eigenvalue weighted by atomic mass is 9.58. The topological polar surface area (TPSA) is 71.6 Å². The molecule has 3 aliphatic rings. The first kappa shape index (κ1) is 22.8. The summed E-state index contributed by atoms with van der Waals surface area (Å²) in [7, 11) is 0. The molecule has 0 radical (unpaired) electrons. The molecule has 178 valence electrons. The van der Waals surface area contributed by atoms with Crippen LogP contribution < -0.4 is 5.32 Å². The summed E-state index contributed by atoms with van der Waals surface area (Å²) in [6.07, 6.45) is 6.81. The maximum absolute atomic E-state index is 13.7. The van der Waals surface area contributed by atoms with Crippen molar-refractivity contribution in [3.8, 4) is 11.3 Å². The van der Waals surface area contributed by atoms with Crippen LogP contribution >= 0.6 is 0 Å². The first-order valence-electron chi connectivity index (χ1n) is 12.5. The van der Waals surface area contributed by atoms with Crippen molar-refractivity contribution in [2.75, 3.05) is 0 Å². The van der Waals surface area contributed by atoms with Crippen LogP contribution in [-0.2, 0) is 16.8 Å². The number of aromatic nitrogens is 2. The zero-order chi connectivity index (χ0) is 24.1. The van der Waals surface area contributed by atoms with E-state index in [9.17, 15) is 4.79 Å². The Morgan fingerprint density at radius 3 is 2.79 bits per heavy atom. The minimum Gasteiger partial charge on any atom is -0.362 e. The molecule has 2 atom stereocenters. The Hall–Kier alpha value is -3.02. The third-order valence-electron chi connectivity index (χ3n) is 7.60. The van der Waals surface area contributed by atoms with E-state index in [-0.39, 0.29) is 17.4 Å². The monoisotopic (exact) mass is 457 g/mol. The third-order valence-corrected chi connectivity index (χ3v) is 7.60. The molecule has 34 heavy (non-hydrogen) atoms. The number of ketones is 1. The average Bonchev–Trinajstić information content (AvgIpc) is 3.45. The summed E-state index contributed by atoms with van der Waals surface area (Å²) >= 11 is 0. The number of fused-ring (bicyclic) bond motifs is 1. The number of benzene rings is 1. The summed E-state index contributed by atoms with van der Waals surface area (Å²) in [4.78, 5) is 13.7. The summed E-state index contributed by atoms with van der Waals surface area (Å²) in [5.41, 5.74) is 5.81. The summed E-state index contributed by atoms with van der Waals surface area (Å²) in [6, 6.07) is 10.8. The highest BCUT2D eigenvalue weighted by Gasteiger charge is 2.53. The molecule has 2 aliphatic heterocycles. The van der Waals surface area contributed by atoms with Crippen LogP contribution in [0.1, 0.15) is 65.9 Å². The van der Waals surface area contributed by atoms with E-state index in [0.717, 1.165) is 59.5 Å². The van der Waals surface area contributed by atoms with Gasteiger partial charge in [0, 0.05) is 41.6 Å². The Morgan fingerprint density at radius 1 is 1.21 bits per heavy atom. The van der Waals surface area contributed by atoms with E-state index in [2.05, 4.69) is 90.3 Å². The first-order valence-corrected chi connectivity index (χ1v) is 12.5. The van der Waals surface area contributed by atoms with Gasteiger partial charge in [0.1, 0.15) is 0 Å². The number of nitrogens with zero attached hydrogens (tertiary/aromatic N) is 4. The number of rotatable bonds is 6. The number of hydrogen-bond acceptors (Lipinski definition) is 5. The van der Waals surface area contributed by atoms with Crippen LogP contribution in [0.2, 0.25) is 0 Å².